The molecule has 2 unspecified atom stereocenters. The maximum atomic E-state index is 10.8. The molecule has 0 aromatic carbocycles. The van der Waals surface area contributed by atoms with E-state index in [1.54, 1.807) is 6.92 Å². The van der Waals surface area contributed by atoms with Gasteiger partial charge in [-0.1, -0.05) is 0 Å². The van der Waals surface area contributed by atoms with Gasteiger partial charge >= 0.3 is 7.60 Å². The zero-order chi connectivity index (χ0) is 8.91. The molecular formula is C5H13O5P. The SMILES string of the molecule is CCOP(=O)(O)CC(O)CO. The first kappa shape index (κ1) is 11.1. The van der Waals surface area contributed by atoms with Gasteiger partial charge in [-0.05, 0) is 6.92 Å². The molecular weight excluding hydrogens is 171 g/mol. The van der Waals surface area contributed by atoms with Crippen molar-refractivity contribution in [3.8, 4) is 0 Å². The molecule has 0 aliphatic heterocycles. The average molecular weight is 184 g/mol. The quantitative estimate of drug-likeness (QED) is 0.504. The van der Waals surface area contributed by atoms with Crippen molar-refractivity contribution in [2.24, 2.45) is 0 Å². The van der Waals surface area contributed by atoms with E-state index in [0.717, 1.165) is 0 Å². The minimum absolute atomic E-state index is 0.117. The summed E-state index contributed by atoms with van der Waals surface area (Å²) in [5.74, 6) is 0. The molecule has 0 aromatic heterocycles. The summed E-state index contributed by atoms with van der Waals surface area (Å²) in [6.07, 6.45) is -1.60. The van der Waals surface area contributed by atoms with Gasteiger partial charge in [0.15, 0.2) is 0 Å². The summed E-state index contributed by atoms with van der Waals surface area (Å²) in [5, 5.41) is 17.1. The van der Waals surface area contributed by atoms with Crippen LogP contribution in [0.5, 0.6) is 0 Å². The molecule has 68 valence electrons. The van der Waals surface area contributed by atoms with Crippen LogP contribution < -0.4 is 0 Å². The lowest BCUT2D eigenvalue weighted by atomic mass is 10.4. The second-order valence-electron chi connectivity index (χ2n) is 2.07. The molecule has 0 aliphatic rings. The van der Waals surface area contributed by atoms with Crippen molar-refractivity contribution in [1.29, 1.82) is 0 Å². The number of rotatable bonds is 5. The van der Waals surface area contributed by atoms with Crippen LogP contribution in [-0.2, 0) is 9.09 Å². The molecule has 3 N–H and O–H groups in total. The lowest BCUT2D eigenvalue weighted by Gasteiger charge is -2.12. The number of hydrogen-bond acceptors (Lipinski definition) is 4. The van der Waals surface area contributed by atoms with Crippen molar-refractivity contribution in [1.82, 2.24) is 0 Å². The molecule has 0 fully saturated rings. The molecule has 0 saturated carbocycles. The fourth-order valence-electron chi connectivity index (χ4n) is 0.578. The van der Waals surface area contributed by atoms with E-state index >= 15 is 0 Å². The van der Waals surface area contributed by atoms with Gasteiger partial charge in [-0.25, -0.2) is 0 Å². The van der Waals surface area contributed by atoms with Crippen LogP contribution in [0.2, 0.25) is 0 Å². The average Bonchev–Trinajstić information content (AvgIpc) is 1.86. The second-order valence-corrected chi connectivity index (χ2v) is 3.97. The van der Waals surface area contributed by atoms with E-state index in [4.69, 9.17) is 15.1 Å². The monoisotopic (exact) mass is 184 g/mol. The highest BCUT2D eigenvalue weighted by molar-refractivity contribution is 7.52. The summed E-state index contributed by atoms with van der Waals surface area (Å²) in [4.78, 5) is 8.88. The summed E-state index contributed by atoms with van der Waals surface area (Å²) >= 11 is 0. The van der Waals surface area contributed by atoms with Gasteiger partial charge in [-0.3, -0.25) is 4.57 Å². The Morgan fingerprint density at radius 3 is 2.55 bits per heavy atom. The lowest BCUT2D eigenvalue weighted by Crippen LogP contribution is -2.17. The standard InChI is InChI=1S/C5H13O5P/c1-2-10-11(8,9)4-5(7)3-6/h5-7H,2-4H2,1H3,(H,8,9). The highest BCUT2D eigenvalue weighted by Crippen LogP contribution is 2.41. The van der Waals surface area contributed by atoms with Crippen molar-refractivity contribution >= 4 is 7.60 Å². The predicted molar refractivity (Wildman–Crippen MR) is 39.4 cm³/mol. The number of hydrogen-bond donors (Lipinski definition) is 3. The number of aliphatic hydroxyl groups is 2. The third kappa shape index (κ3) is 5.35. The van der Waals surface area contributed by atoms with Crippen LogP contribution in [0.25, 0.3) is 0 Å². The largest absolute Gasteiger partial charge is 0.394 e. The van der Waals surface area contributed by atoms with Gasteiger partial charge in [0.05, 0.1) is 25.5 Å². The fourth-order valence-corrected chi connectivity index (χ4v) is 1.74. The minimum atomic E-state index is -3.68. The Labute approximate surface area is 65.2 Å². The molecule has 0 rings (SSSR count). The van der Waals surface area contributed by atoms with Crippen LogP contribution >= 0.6 is 7.60 Å². The molecule has 11 heavy (non-hydrogen) atoms. The van der Waals surface area contributed by atoms with Gasteiger partial charge in [0, 0.05) is 0 Å². The molecule has 0 spiro atoms. The highest BCUT2D eigenvalue weighted by Gasteiger charge is 2.22. The molecule has 0 bridgehead atoms. The molecule has 6 heteroatoms. The summed E-state index contributed by atoms with van der Waals surface area (Å²) in [6.45, 7) is 1.16. The van der Waals surface area contributed by atoms with Crippen LogP contribution in [0.15, 0.2) is 0 Å². The van der Waals surface area contributed by atoms with Gasteiger partial charge < -0.3 is 19.6 Å². The van der Waals surface area contributed by atoms with E-state index in [9.17, 15) is 4.57 Å². The first-order valence-corrected chi connectivity index (χ1v) is 5.03. The summed E-state index contributed by atoms with van der Waals surface area (Å²) < 4.78 is 15.3. The maximum absolute atomic E-state index is 10.8. The molecule has 0 saturated heterocycles. The van der Waals surface area contributed by atoms with Crippen LogP contribution in [0.1, 0.15) is 6.92 Å². The minimum Gasteiger partial charge on any atom is -0.394 e. The Morgan fingerprint density at radius 2 is 2.18 bits per heavy atom. The van der Waals surface area contributed by atoms with E-state index in [1.807, 2.05) is 0 Å². The Hall–Kier alpha value is 0.0700. The smallest absolute Gasteiger partial charge is 0.330 e. The zero-order valence-corrected chi connectivity index (χ0v) is 7.20. The van der Waals surface area contributed by atoms with E-state index < -0.39 is 26.5 Å². The Kier molecular flexibility index (Phi) is 4.88. The lowest BCUT2D eigenvalue weighted by molar-refractivity contribution is 0.106. The molecule has 2 atom stereocenters. The molecule has 5 nitrogen and oxygen atoms in total. The van der Waals surface area contributed by atoms with E-state index in [2.05, 4.69) is 4.52 Å². The zero-order valence-electron chi connectivity index (χ0n) is 6.30. The number of aliphatic hydroxyl groups excluding tert-OH is 2. The van der Waals surface area contributed by atoms with Gasteiger partial charge in [0.1, 0.15) is 0 Å². The van der Waals surface area contributed by atoms with Gasteiger partial charge in [0.2, 0.25) is 0 Å². The molecule has 0 amide bonds. The van der Waals surface area contributed by atoms with Crippen LogP contribution in [0, 0.1) is 0 Å². The summed E-state index contributed by atoms with van der Waals surface area (Å²) in [6, 6.07) is 0. The van der Waals surface area contributed by atoms with Crippen LogP contribution in [0.4, 0.5) is 0 Å². The predicted octanol–water partition coefficient (Wildman–Crippen LogP) is -0.439. The third-order valence-corrected chi connectivity index (χ3v) is 2.53. The van der Waals surface area contributed by atoms with Crippen molar-refractivity contribution in [3.63, 3.8) is 0 Å². The molecule has 0 aliphatic carbocycles. The molecule has 0 aromatic rings. The summed E-state index contributed by atoms with van der Waals surface area (Å²) in [5.41, 5.74) is 0. The first-order valence-electron chi connectivity index (χ1n) is 3.27. The Morgan fingerprint density at radius 1 is 1.64 bits per heavy atom. The highest BCUT2D eigenvalue weighted by atomic mass is 31.2. The van der Waals surface area contributed by atoms with Crippen LogP contribution in [-0.4, -0.2) is 40.6 Å². The molecule has 0 heterocycles. The van der Waals surface area contributed by atoms with Crippen molar-refractivity contribution in [3.05, 3.63) is 0 Å². The third-order valence-electron chi connectivity index (χ3n) is 0.983. The maximum Gasteiger partial charge on any atom is 0.330 e. The van der Waals surface area contributed by atoms with Crippen LogP contribution in [0.3, 0.4) is 0 Å². The fraction of sp³-hybridized carbons (Fsp3) is 1.00. The molecule has 0 radical (unpaired) electrons. The van der Waals surface area contributed by atoms with Crippen molar-refractivity contribution in [2.45, 2.75) is 13.0 Å². The van der Waals surface area contributed by atoms with Gasteiger partial charge in [0.25, 0.3) is 0 Å². The Balaban J connectivity index is 3.81. The normalized spacial score (nSPS) is 19.3. The van der Waals surface area contributed by atoms with Gasteiger partial charge in [-0.2, -0.15) is 0 Å². The Bertz CT molecular complexity index is 148. The second kappa shape index (κ2) is 4.85. The van der Waals surface area contributed by atoms with Crippen molar-refractivity contribution < 1.29 is 24.2 Å². The topological polar surface area (TPSA) is 87.0 Å². The van der Waals surface area contributed by atoms with Crippen molar-refractivity contribution in [2.75, 3.05) is 19.4 Å². The van der Waals surface area contributed by atoms with Gasteiger partial charge in [-0.15, -0.1) is 0 Å². The van der Waals surface area contributed by atoms with E-state index in [-0.39, 0.29) is 6.61 Å². The van der Waals surface area contributed by atoms with E-state index in [1.165, 1.54) is 0 Å². The summed E-state index contributed by atoms with van der Waals surface area (Å²) in [7, 11) is -3.68. The van der Waals surface area contributed by atoms with E-state index in [0.29, 0.717) is 0 Å². The first-order chi connectivity index (χ1) is 5.02.